The molecule has 3 aromatic rings. The lowest BCUT2D eigenvalue weighted by Gasteiger charge is -2.06. The lowest BCUT2D eigenvalue weighted by Crippen LogP contribution is -1.99. The molecule has 2 aromatic carbocycles. The zero-order chi connectivity index (χ0) is 13.1. The average Bonchev–Trinajstić information content (AvgIpc) is 2.88. The summed E-state index contributed by atoms with van der Waals surface area (Å²) in [4.78, 5) is 0. The zero-order valence-corrected chi connectivity index (χ0v) is 10.8. The molecular formula is C17H17NO. The summed E-state index contributed by atoms with van der Waals surface area (Å²) in [7, 11) is 0. The number of aliphatic hydroxyl groups is 1. The van der Waals surface area contributed by atoms with E-state index in [1.165, 1.54) is 16.5 Å². The summed E-state index contributed by atoms with van der Waals surface area (Å²) in [6.07, 6.45) is 3.15. The minimum Gasteiger partial charge on any atom is -0.392 e. The van der Waals surface area contributed by atoms with E-state index in [4.69, 9.17) is 5.11 Å². The van der Waals surface area contributed by atoms with Gasteiger partial charge in [-0.3, -0.25) is 0 Å². The summed E-state index contributed by atoms with van der Waals surface area (Å²) in [5.41, 5.74) is 3.55. The summed E-state index contributed by atoms with van der Waals surface area (Å²) in [6, 6.07) is 18.8. The highest BCUT2D eigenvalue weighted by Crippen LogP contribution is 2.18. The third-order valence-electron chi connectivity index (χ3n) is 3.50. The number of rotatable bonds is 4. The monoisotopic (exact) mass is 251 g/mol. The van der Waals surface area contributed by atoms with Gasteiger partial charge < -0.3 is 9.67 Å². The number of aromatic nitrogens is 1. The van der Waals surface area contributed by atoms with Crippen LogP contribution in [0.2, 0.25) is 0 Å². The van der Waals surface area contributed by atoms with Crippen molar-refractivity contribution in [3.05, 3.63) is 71.9 Å². The largest absolute Gasteiger partial charge is 0.392 e. The molecule has 3 rings (SSSR count). The van der Waals surface area contributed by atoms with Crippen molar-refractivity contribution in [3.63, 3.8) is 0 Å². The Morgan fingerprint density at radius 1 is 0.895 bits per heavy atom. The van der Waals surface area contributed by atoms with Crippen LogP contribution in [0, 0.1) is 0 Å². The van der Waals surface area contributed by atoms with Crippen LogP contribution in [0.5, 0.6) is 0 Å². The molecule has 0 bridgehead atoms. The van der Waals surface area contributed by atoms with Gasteiger partial charge in [0, 0.05) is 18.3 Å². The predicted octanol–water partition coefficient (Wildman–Crippen LogP) is 3.38. The quantitative estimate of drug-likeness (QED) is 0.755. The van der Waals surface area contributed by atoms with Crippen LogP contribution in [0.4, 0.5) is 0 Å². The first-order valence-corrected chi connectivity index (χ1v) is 6.59. The predicted molar refractivity (Wildman–Crippen MR) is 78.0 cm³/mol. The number of aliphatic hydroxyl groups excluding tert-OH is 1. The number of hydrogen-bond acceptors (Lipinski definition) is 1. The summed E-state index contributed by atoms with van der Waals surface area (Å²) >= 11 is 0. The Kier molecular flexibility index (Phi) is 3.34. The minimum atomic E-state index is 0.102. The van der Waals surface area contributed by atoms with Crippen molar-refractivity contribution in [1.82, 2.24) is 4.57 Å². The molecule has 0 saturated carbocycles. The summed E-state index contributed by atoms with van der Waals surface area (Å²) in [6.45, 7) is 1.08. The SMILES string of the molecule is OCc1ccc2c(ccn2CCc2ccccc2)c1. The van der Waals surface area contributed by atoms with Crippen molar-refractivity contribution in [1.29, 1.82) is 0 Å². The summed E-state index contributed by atoms with van der Waals surface area (Å²) in [5, 5.41) is 10.3. The van der Waals surface area contributed by atoms with E-state index in [-0.39, 0.29) is 6.61 Å². The van der Waals surface area contributed by atoms with Gasteiger partial charge in [0.25, 0.3) is 0 Å². The first-order chi connectivity index (χ1) is 9.36. The normalized spacial score (nSPS) is 11.0. The molecule has 19 heavy (non-hydrogen) atoms. The highest BCUT2D eigenvalue weighted by Gasteiger charge is 2.02. The molecule has 1 N–H and O–H groups in total. The van der Waals surface area contributed by atoms with E-state index in [1.807, 2.05) is 18.2 Å². The average molecular weight is 251 g/mol. The highest BCUT2D eigenvalue weighted by molar-refractivity contribution is 5.80. The lowest BCUT2D eigenvalue weighted by molar-refractivity contribution is 0.282. The molecule has 0 aliphatic carbocycles. The molecule has 0 spiro atoms. The standard InChI is InChI=1S/C17H17NO/c19-13-15-6-7-17-16(12-15)9-11-18(17)10-8-14-4-2-1-3-5-14/h1-7,9,11-12,19H,8,10,13H2. The molecule has 0 unspecified atom stereocenters. The van der Waals surface area contributed by atoms with E-state index in [9.17, 15) is 0 Å². The fourth-order valence-corrected chi connectivity index (χ4v) is 2.44. The lowest BCUT2D eigenvalue weighted by atomic mass is 10.1. The first kappa shape index (κ1) is 12.0. The number of fused-ring (bicyclic) bond motifs is 1. The molecule has 0 amide bonds. The first-order valence-electron chi connectivity index (χ1n) is 6.59. The van der Waals surface area contributed by atoms with Gasteiger partial charge in [-0.05, 0) is 41.1 Å². The maximum Gasteiger partial charge on any atom is 0.0682 e. The molecular weight excluding hydrogens is 234 g/mol. The summed E-state index contributed by atoms with van der Waals surface area (Å²) in [5.74, 6) is 0. The van der Waals surface area contributed by atoms with Crippen LogP contribution in [-0.4, -0.2) is 9.67 Å². The topological polar surface area (TPSA) is 25.2 Å². The second-order valence-electron chi connectivity index (χ2n) is 4.80. The molecule has 1 heterocycles. The highest BCUT2D eigenvalue weighted by atomic mass is 16.3. The maximum absolute atomic E-state index is 9.15. The molecule has 2 heteroatoms. The van der Waals surface area contributed by atoms with Crippen LogP contribution in [0.1, 0.15) is 11.1 Å². The second-order valence-corrected chi connectivity index (χ2v) is 4.80. The number of aryl methyl sites for hydroxylation is 2. The van der Waals surface area contributed by atoms with E-state index < -0.39 is 0 Å². The van der Waals surface area contributed by atoms with Gasteiger partial charge in [0.2, 0.25) is 0 Å². The molecule has 0 fully saturated rings. The van der Waals surface area contributed by atoms with Gasteiger partial charge in [-0.25, -0.2) is 0 Å². The number of nitrogens with zero attached hydrogens (tertiary/aromatic N) is 1. The van der Waals surface area contributed by atoms with Crippen molar-refractivity contribution in [2.45, 2.75) is 19.6 Å². The van der Waals surface area contributed by atoms with Crippen LogP contribution in [-0.2, 0) is 19.6 Å². The Hall–Kier alpha value is -2.06. The third-order valence-corrected chi connectivity index (χ3v) is 3.50. The van der Waals surface area contributed by atoms with E-state index in [2.05, 4.69) is 47.2 Å². The fraction of sp³-hybridized carbons (Fsp3) is 0.176. The Labute approximate surface area is 112 Å². The van der Waals surface area contributed by atoms with E-state index in [0.29, 0.717) is 0 Å². The van der Waals surface area contributed by atoms with Crippen LogP contribution in [0.25, 0.3) is 10.9 Å². The van der Waals surface area contributed by atoms with Gasteiger partial charge in [-0.15, -0.1) is 0 Å². The Morgan fingerprint density at radius 3 is 2.53 bits per heavy atom. The molecule has 2 nitrogen and oxygen atoms in total. The zero-order valence-electron chi connectivity index (χ0n) is 10.8. The molecule has 0 aliphatic heterocycles. The van der Waals surface area contributed by atoms with Gasteiger partial charge >= 0.3 is 0 Å². The third kappa shape index (κ3) is 2.54. The Bertz CT molecular complexity index is 670. The van der Waals surface area contributed by atoms with Crippen LogP contribution in [0.15, 0.2) is 60.8 Å². The Balaban J connectivity index is 1.82. The molecule has 96 valence electrons. The fourth-order valence-electron chi connectivity index (χ4n) is 2.44. The smallest absolute Gasteiger partial charge is 0.0682 e. The van der Waals surface area contributed by atoms with Crippen molar-refractivity contribution in [2.24, 2.45) is 0 Å². The molecule has 0 radical (unpaired) electrons. The number of benzene rings is 2. The molecule has 0 atom stereocenters. The van der Waals surface area contributed by atoms with E-state index in [0.717, 1.165) is 18.5 Å². The van der Waals surface area contributed by atoms with Crippen LogP contribution >= 0.6 is 0 Å². The van der Waals surface area contributed by atoms with Gasteiger partial charge in [-0.1, -0.05) is 36.4 Å². The van der Waals surface area contributed by atoms with Gasteiger partial charge in [0.15, 0.2) is 0 Å². The van der Waals surface area contributed by atoms with Crippen molar-refractivity contribution in [2.75, 3.05) is 0 Å². The van der Waals surface area contributed by atoms with Gasteiger partial charge in [0.1, 0.15) is 0 Å². The van der Waals surface area contributed by atoms with E-state index in [1.54, 1.807) is 0 Å². The maximum atomic E-state index is 9.15. The molecule has 0 aliphatic rings. The van der Waals surface area contributed by atoms with Crippen molar-refractivity contribution >= 4 is 10.9 Å². The minimum absolute atomic E-state index is 0.102. The Morgan fingerprint density at radius 2 is 1.74 bits per heavy atom. The molecule has 0 saturated heterocycles. The van der Waals surface area contributed by atoms with Crippen molar-refractivity contribution < 1.29 is 5.11 Å². The van der Waals surface area contributed by atoms with Crippen molar-refractivity contribution in [3.8, 4) is 0 Å². The second kappa shape index (κ2) is 5.29. The van der Waals surface area contributed by atoms with Crippen LogP contribution < -0.4 is 0 Å². The summed E-state index contributed by atoms with van der Waals surface area (Å²) < 4.78 is 2.27. The number of hydrogen-bond donors (Lipinski definition) is 1. The van der Waals surface area contributed by atoms with Gasteiger partial charge in [0.05, 0.1) is 6.61 Å². The van der Waals surface area contributed by atoms with Crippen LogP contribution in [0.3, 0.4) is 0 Å². The molecule has 1 aromatic heterocycles. The van der Waals surface area contributed by atoms with Gasteiger partial charge in [-0.2, -0.15) is 0 Å². The van der Waals surface area contributed by atoms with E-state index >= 15 is 0 Å².